The zero-order valence-electron chi connectivity index (χ0n) is 18.1. The first-order valence-corrected chi connectivity index (χ1v) is 11.9. The Morgan fingerprint density at radius 3 is 2.39 bits per heavy atom. The highest BCUT2D eigenvalue weighted by molar-refractivity contribution is 7.09. The van der Waals surface area contributed by atoms with Crippen LogP contribution in [0.5, 0.6) is 0 Å². The molecule has 1 saturated heterocycles. The third-order valence-electron chi connectivity index (χ3n) is 6.06. The van der Waals surface area contributed by atoms with Crippen LogP contribution in [0.4, 0.5) is 0 Å². The number of thiazole rings is 1. The van der Waals surface area contributed by atoms with E-state index in [1.54, 1.807) is 41.9 Å². The lowest BCUT2D eigenvalue weighted by molar-refractivity contribution is -0.133. The molecule has 2 aliphatic rings. The lowest BCUT2D eigenvalue weighted by Crippen LogP contribution is -2.48. The summed E-state index contributed by atoms with van der Waals surface area (Å²) in [6.45, 7) is 3.94. The normalized spacial score (nSPS) is 16.5. The molecule has 0 aliphatic carbocycles. The molecule has 3 amide bonds. The lowest BCUT2D eigenvalue weighted by atomic mass is 10.1. The summed E-state index contributed by atoms with van der Waals surface area (Å²) in [5.41, 5.74) is 1.75. The third-order valence-corrected chi connectivity index (χ3v) is 6.89. The molecule has 1 aromatic carbocycles. The summed E-state index contributed by atoms with van der Waals surface area (Å²) >= 11 is 1.61. The number of nitrogens with zero attached hydrogens (tertiary/aromatic N) is 4. The lowest BCUT2D eigenvalue weighted by Gasteiger charge is -2.34. The molecular formula is C24H24N4O4S. The number of fused-ring (bicyclic) bond motifs is 1. The number of rotatable bonds is 7. The molecular weight excluding hydrogens is 440 g/mol. The number of imide groups is 1. The van der Waals surface area contributed by atoms with Crippen LogP contribution in [0.1, 0.15) is 38.6 Å². The number of piperazine rings is 1. The zero-order valence-corrected chi connectivity index (χ0v) is 18.9. The zero-order chi connectivity index (χ0) is 22.8. The Balaban J connectivity index is 1.06. The third kappa shape index (κ3) is 4.46. The van der Waals surface area contributed by atoms with E-state index in [0.29, 0.717) is 37.1 Å². The molecule has 2 aliphatic heterocycles. The molecule has 0 bridgehead atoms. The minimum absolute atomic E-state index is 0.0700. The smallest absolute Gasteiger partial charge is 0.261 e. The van der Waals surface area contributed by atoms with Crippen LogP contribution < -0.4 is 0 Å². The summed E-state index contributed by atoms with van der Waals surface area (Å²) in [5, 5.41) is 3.03. The summed E-state index contributed by atoms with van der Waals surface area (Å²) in [6, 6.07) is 10.6. The average molecular weight is 465 g/mol. The van der Waals surface area contributed by atoms with E-state index in [2.05, 4.69) is 9.88 Å². The van der Waals surface area contributed by atoms with Gasteiger partial charge in [0.1, 0.15) is 10.7 Å². The molecule has 0 spiro atoms. The molecule has 0 unspecified atom stereocenters. The van der Waals surface area contributed by atoms with Crippen molar-refractivity contribution in [3.05, 3.63) is 64.2 Å². The van der Waals surface area contributed by atoms with Gasteiger partial charge in [0.2, 0.25) is 5.91 Å². The number of aromatic nitrogens is 1. The van der Waals surface area contributed by atoms with Crippen molar-refractivity contribution in [1.82, 2.24) is 19.7 Å². The first-order valence-electron chi connectivity index (χ1n) is 11.0. The standard InChI is InChI=1S/C24H24N4O4S/c29-22(8-3-9-28-23(30)17-5-1-2-6-18(17)24(28)31)27-12-10-26(11-13-27)15-21-25-19(16-33-21)20-7-4-14-32-20/h1-2,4-7,14,16H,3,8-13,15H2. The van der Waals surface area contributed by atoms with Crippen LogP contribution in [0, 0.1) is 0 Å². The maximum absolute atomic E-state index is 12.7. The van der Waals surface area contributed by atoms with Gasteiger partial charge < -0.3 is 9.32 Å². The Morgan fingerprint density at radius 2 is 1.73 bits per heavy atom. The second kappa shape index (κ2) is 9.29. The molecule has 9 heteroatoms. The number of carbonyl (C=O) groups is 3. The highest BCUT2D eigenvalue weighted by Gasteiger charge is 2.34. The number of hydrogen-bond acceptors (Lipinski definition) is 7. The summed E-state index contributed by atoms with van der Waals surface area (Å²) < 4.78 is 5.40. The highest BCUT2D eigenvalue weighted by Crippen LogP contribution is 2.24. The minimum atomic E-state index is -0.269. The molecule has 0 atom stereocenters. The van der Waals surface area contributed by atoms with E-state index in [4.69, 9.17) is 4.42 Å². The molecule has 0 radical (unpaired) electrons. The fourth-order valence-electron chi connectivity index (χ4n) is 4.26. The number of amides is 3. The summed E-state index contributed by atoms with van der Waals surface area (Å²) in [7, 11) is 0. The SMILES string of the molecule is O=C(CCCN1C(=O)c2ccccc2C1=O)N1CCN(Cc2nc(-c3ccco3)cs2)CC1. The molecule has 4 heterocycles. The second-order valence-electron chi connectivity index (χ2n) is 8.17. The van der Waals surface area contributed by atoms with Crippen LogP contribution in [-0.2, 0) is 11.3 Å². The Hall–Kier alpha value is -3.30. The van der Waals surface area contributed by atoms with Gasteiger partial charge in [-0.3, -0.25) is 24.2 Å². The topological polar surface area (TPSA) is 87.0 Å². The van der Waals surface area contributed by atoms with Crippen LogP contribution in [0.25, 0.3) is 11.5 Å². The van der Waals surface area contributed by atoms with E-state index in [-0.39, 0.29) is 24.3 Å². The van der Waals surface area contributed by atoms with Crippen molar-refractivity contribution in [2.24, 2.45) is 0 Å². The highest BCUT2D eigenvalue weighted by atomic mass is 32.1. The Bertz CT molecular complexity index is 1130. The molecule has 2 aromatic heterocycles. The number of hydrogen-bond donors (Lipinski definition) is 0. The van der Waals surface area contributed by atoms with Crippen LogP contribution >= 0.6 is 11.3 Å². The van der Waals surface area contributed by atoms with Crippen molar-refractivity contribution >= 4 is 29.1 Å². The van der Waals surface area contributed by atoms with Crippen molar-refractivity contribution < 1.29 is 18.8 Å². The quantitative estimate of drug-likeness (QED) is 0.500. The van der Waals surface area contributed by atoms with Crippen LogP contribution in [-0.4, -0.2) is 70.1 Å². The maximum Gasteiger partial charge on any atom is 0.261 e. The van der Waals surface area contributed by atoms with E-state index >= 15 is 0 Å². The number of furan rings is 1. The molecule has 0 N–H and O–H groups in total. The van der Waals surface area contributed by atoms with Gasteiger partial charge in [-0.15, -0.1) is 11.3 Å². The Kier molecular flexibility index (Phi) is 6.06. The van der Waals surface area contributed by atoms with Crippen molar-refractivity contribution in [2.45, 2.75) is 19.4 Å². The number of carbonyl (C=O) groups excluding carboxylic acids is 3. The van der Waals surface area contributed by atoms with Gasteiger partial charge in [0.05, 0.1) is 23.9 Å². The van der Waals surface area contributed by atoms with Crippen molar-refractivity contribution in [1.29, 1.82) is 0 Å². The molecule has 0 saturated carbocycles. The Morgan fingerprint density at radius 1 is 1.00 bits per heavy atom. The van der Waals surface area contributed by atoms with E-state index in [1.807, 2.05) is 22.4 Å². The summed E-state index contributed by atoms with van der Waals surface area (Å²) in [4.78, 5) is 47.6. The van der Waals surface area contributed by atoms with Gasteiger partial charge in [-0.05, 0) is 30.7 Å². The van der Waals surface area contributed by atoms with Gasteiger partial charge in [-0.1, -0.05) is 12.1 Å². The summed E-state index contributed by atoms with van der Waals surface area (Å²) in [5.74, 6) is 0.304. The first-order chi connectivity index (χ1) is 16.1. The van der Waals surface area contributed by atoms with Gasteiger partial charge in [0.25, 0.3) is 11.8 Å². The van der Waals surface area contributed by atoms with Crippen LogP contribution in [0.2, 0.25) is 0 Å². The fraction of sp³-hybridized carbons (Fsp3) is 0.333. The molecule has 5 rings (SSSR count). The van der Waals surface area contributed by atoms with Crippen LogP contribution in [0.15, 0.2) is 52.5 Å². The average Bonchev–Trinajstić information content (AvgIpc) is 3.57. The Labute approximate surface area is 195 Å². The maximum atomic E-state index is 12.7. The molecule has 3 aromatic rings. The molecule has 170 valence electrons. The molecule has 33 heavy (non-hydrogen) atoms. The van der Waals surface area contributed by atoms with Crippen LogP contribution in [0.3, 0.4) is 0 Å². The second-order valence-corrected chi connectivity index (χ2v) is 9.11. The van der Waals surface area contributed by atoms with E-state index in [9.17, 15) is 14.4 Å². The van der Waals surface area contributed by atoms with Gasteiger partial charge in [0.15, 0.2) is 5.76 Å². The van der Waals surface area contributed by atoms with Gasteiger partial charge >= 0.3 is 0 Å². The predicted octanol–water partition coefficient (Wildman–Crippen LogP) is 3.12. The van der Waals surface area contributed by atoms with E-state index in [1.165, 1.54) is 4.90 Å². The largest absolute Gasteiger partial charge is 0.463 e. The van der Waals surface area contributed by atoms with Gasteiger partial charge in [-0.25, -0.2) is 4.98 Å². The molecule has 8 nitrogen and oxygen atoms in total. The number of benzene rings is 1. The van der Waals surface area contributed by atoms with Gasteiger partial charge in [-0.2, -0.15) is 0 Å². The monoisotopic (exact) mass is 464 g/mol. The fourth-order valence-corrected chi connectivity index (χ4v) is 5.08. The first kappa shape index (κ1) is 21.5. The molecule has 1 fully saturated rings. The predicted molar refractivity (Wildman–Crippen MR) is 123 cm³/mol. The summed E-state index contributed by atoms with van der Waals surface area (Å²) in [6.07, 6.45) is 2.44. The van der Waals surface area contributed by atoms with Crippen molar-refractivity contribution in [2.75, 3.05) is 32.7 Å². The van der Waals surface area contributed by atoms with Crippen molar-refractivity contribution in [3.63, 3.8) is 0 Å². The van der Waals surface area contributed by atoms with E-state index < -0.39 is 0 Å². The minimum Gasteiger partial charge on any atom is -0.463 e. The van der Waals surface area contributed by atoms with Crippen molar-refractivity contribution in [3.8, 4) is 11.5 Å². The van der Waals surface area contributed by atoms with E-state index in [0.717, 1.165) is 36.1 Å². The van der Waals surface area contributed by atoms with Gasteiger partial charge in [0, 0.05) is 44.5 Å².